The quantitative estimate of drug-likeness (QED) is 0.568. The Hall–Kier alpha value is -0.120. The Morgan fingerprint density at radius 2 is 1.71 bits per heavy atom. The Bertz CT molecular complexity index is 126. The van der Waals surface area contributed by atoms with E-state index in [0.29, 0.717) is 19.1 Å². The van der Waals surface area contributed by atoms with Crippen molar-refractivity contribution in [2.45, 2.75) is 46.5 Å². The molecule has 0 aromatic rings. The Labute approximate surface area is 87.7 Å². The summed E-state index contributed by atoms with van der Waals surface area (Å²) in [5.74, 6) is 0.631. The van der Waals surface area contributed by atoms with Gasteiger partial charge in [0.1, 0.15) is 0 Å². The summed E-state index contributed by atoms with van der Waals surface area (Å²) in [4.78, 5) is 0. The fraction of sp³-hybridized carbons (Fsp3) is 1.00. The van der Waals surface area contributed by atoms with Crippen molar-refractivity contribution >= 4 is 0 Å². The van der Waals surface area contributed by atoms with Crippen LogP contribution in [0.5, 0.6) is 0 Å². The molecule has 0 aliphatic heterocycles. The maximum Gasteiger partial charge on any atom is 0.154 e. The highest BCUT2D eigenvalue weighted by Gasteiger charge is 2.11. The highest BCUT2D eigenvalue weighted by atomic mass is 16.7. The van der Waals surface area contributed by atoms with Crippen LogP contribution >= 0.6 is 0 Å². The first kappa shape index (κ1) is 13.9. The first-order chi connectivity index (χ1) is 6.60. The van der Waals surface area contributed by atoms with Crippen molar-refractivity contribution < 1.29 is 14.2 Å². The van der Waals surface area contributed by atoms with E-state index in [4.69, 9.17) is 14.2 Å². The van der Waals surface area contributed by atoms with Crippen molar-refractivity contribution in [2.75, 3.05) is 20.3 Å². The van der Waals surface area contributed by atoms with Crippen LogP contribution in [-0.2, 0) is 14.2 Å². The number of methoxy groups -OCH3 is 1. The standard InChI is InChI=1S/C11H24O3/c1-6-13-10(4)14-8-11(12-5)7-9(2)3/h9-11H,6-8H2,1-5H3. The van der Waals surface area contributed by atoms with E-state index in [0.717, 1.165) is 6.42 Å². The van der Waals surface area contributed by atoms with E-state index in [-0.39, 0.29) is 12.4 Å². The lowest BCUT2D eigenvalue weighted by Gasteiger charge is -2.20. The monoisotopic (exact) mass is 204 g/mol. The molecule has 86 valence electrons. The number of hydrogen-bond acceptors (Lipinski definition) is 3. The van der Waals surface area contributed by atoms with Gasteiger partial charge in [-0.25, -0.2) is 0 Å². The van der Waals surface area contributed by atoms with E-state index >= 15 is 0 Å². The molecule has 0 spiro atoms. The summed E-state index contributed by atoms with van der Waals surface area (Å²) in [5, 5.41) is 0. The van der Waals surface area contributed by atoms with Gasteiger partial charge in [-0.1, -0.05) is 13.8 Å². The fourth-order valence-electron chi connectivity index (χ4n) is 1.28. The summed E-state index contributed by atoms with van der Waals surface area (Å²) in [6.45, 7) is 9.52. The van der Waals surface area contributed by atoms with E-state index in [1.807, 2.05) is 13.8 Å². The Kier molecular flexibility index (Phi) is 8.14. The van der Waals surface area contributed by atoms with E-state index in [9.17, 15) is 0 Å². The third kappa shape index (κ3) is 7.30. The van der Waals surface area contributed by atoms with Crippen LogP contribution in [0.4, 0.5) is 0 Å². The van der Waals surface area contributed by atoms with Crippen LogP contribution in [0.15, 0.2) is 0 Å². The topological polar surface area (TPSA) is 27.7 Å². The maximum absolute atomic E-state index is 5.49. The maximum atomic E-state index is 5.49. The van der Waals surface area contributed by atoms with Crippen LogP contribution in [0.25, 0.3) is 0 Å². The number of rotatable bonds is 8. The summed E-state index contributed by atoms with van der Waals surface area (Å²) < 4.78 is 16.1. The van der Waals surface area contributed by atoms with Crippen LogP contribution in [0, 0.1) is 5.92 Å². The van der Waals surface area contributed by atoms with Crippen molar-refractivity contribution in [3.05, 3.63) is 0 Å². The first-order valence-electron chi connectivity index (χ1n) is 5.36. The summed E-state index contributed by atoms with van der Waals surface area (Å²) in [6, 6.07) is 0. The summed E-state index contributed by atoms with van der Waals surface area (Å²) in [6.07, 6.45) is 1.07. The second kappa shape index (κ2) is 8.21. The Morgan fingerprint density at radius 3 is 2.14 bits per heavy atom. The van der Waals surface area contributed by atoms with Gasteiger partial charge in [0, 0.05) is 13.7 Å². The molecule has 2 unspecified atom stereocenters. The van der Waals surface area contributed by atoms with Crippen molar-refractivity contribution in [1.82, 2.24) is 0 Å². The van der Waals surface area contributed by atoms with Crippen LogP contribution in [0.2, 0.25) is 0 Å². The van der Waals surface area contributed by atoms with E-state index < -0.39 is 0 Å². The molecule has 0 aliphatic carbocycles. The third-order valence-corrected chi connectivity index (χ3v) is 1.99. The van der Waals surface area contributed by atoms with Crippen molar-refractivity contribution in [3.8, 4) is 0 Å². The van der Waals surface area contributed by atoms with Crippen molar-refractivity contribution in [1.29, 1.82) is 0 Å². The van der Waals surface area contributed by atoms with Gasteiger partial charge in [-0.3, -0.25) is 0 Å². The third-order valence-electron chi connectivity index (χ3n) is 1.99. The minimum Gasteiger partial charge on any atom is -0.379 e. The molecule has 0 aliphatic rings. The minimum atomic E-state index is -0.134. The zero-order valence-corrected chi connectivity index (χ0v) is 10.1. The summed E-state index contributed by atoms with van der Waals surface area (Å²) in [5.41, 5.74) is 0. The van der Waals surface area contributed by atoms with Gasteiger partial charge < -0.3 is 14.2 Å². The molecule has 0 radical (unpaired) electrons. The molecular formula is C11H24O3. The Balaban J connectivity index is 3.60. The molecule has 0 aromatic heterocycles. The zero-order chi connectivity index (χ0) is 11.0. The highest BCUT2D eigenvalue weighted by molar-refractivity contribution is 4.59. The molecule has 2 atom stereocenters. The van der Waals surface area contributed by atoms with Crippen molar-refractivity contribution in [3.63, 3.8) is 0 Å². The van der Waals surface area contributed by atoms with Crippen LogP contribution < -0.4 is 0 Å². The highest BCUT2D eigenvalue weighted by Crippen LogP contribution is 2.09. The van der Waals surface area contributed by atoms with Gasteiger partial charge in [0.05, 0.1) is 12.7 Å². The molecule has 0 fully saturated rings. The number of hydrogen-bond donors (Lipinski definition) is 0. The van der Waals surface area contributed by atoms with Gasteiger partial charge in [-0.2, -0.15) is 0 Å². The lowest BCUT2D eigenvalue weighted by Crippen LogP contribution is -2.24. The molecule has 0 aromatic carbocycles. The summed E-state index contributed by atoms with van der Waals surface area (Å²) in [7, 11) is 1.72. The van der Waals surface area contributed by atoms with Crippen molar-refractivity contribution in [2.24, 2.45) is 5.92 Å². The molecule has 0 saturated carbocycles. The van der Waals surface area contributed by atoms with Crippen LogP contribution in [0.1, 0.15) is 34.1 Å². The first-order valence-corrected chi connectivity index (χ1v) is 5.36. The normalized spacial score (nSPS) is 15.9. The molecule has 3 nitrogen and oxygen atoms in total. The van der Waals surface area contributed by atoms with Gasteiger partial charge in [0.2, 0.25) is 0 Å². The van der Waals surface area contributed by atoms with E-state index in [2.05, 4.69) is 13.8 Å². The zero-order valence-electron chi connectivity index (χ0n) is 10.1. The van der Waals surface area contributed by atoms with Gasteiger partial charge >= 0.3 is 0 Å². The van der Waals surface area contributed by atoms with Gasteiger partial charge in [0.25, 0.3) is 0 Å². The van der Waals surface area contributed by atoms with Gasteiger partial charge in [-0.05, 0) is 26.2 Å². The second-order valence-corrected chi connectivity index (χ2v) is 3.84. The largest absolute Gasteiger partial charge is 0.379 e. The molecule has 14 heavy (non-hydrogen) atoms. The molecule has 0 rings (SSSR count). The minimum absolute atomic E-state index is 0.134. The van der Waals surface area contributed by atoms with E-state index in [1.165, 1.54) is 0 Å². The average molecular weight is 204 g/mol. The molecule has 0 saturated heterocycles. The molecule has 0 amide bonds. The molecule has 0 N–H and O–H groups in total. The predicted octanol–water partition coefficient (Wildman–Crippen LogP) is 2.45. The van der Waals surface area contributed by atoms with E-state index in [1.54, 1.807) is 7.11 Å². The SMILES string of the molecule is CCOC(C)OCC(CC(C)C)OC. The van der Waals surface area contributed by atoms with Crippen LogP contribution in [-0.4, -0.2) is 32.7 Å². The van der Waals surface area contributed by atoms with Gasteiger partial charge in [-0.15, -0.1) is 0 Å². The summed E-state index contributed by atoms with van der Waals surface area (Å²) >= 11 is 0. The average Bonchev–Trinajstić information content (AvgIpc) is 2.12. The fourth-order valence-corrected chi connectivity index (χ4v) is 1.28. The Morgan fingerprint density at radius 1 is 1.07 bits per heavy atom. The van der Waals surface area contributed by atoms with Gasteiger partial charge in [0.15, 0.2) is 6.29 Å². The molecule has 3 heteroatoms. The smallest absolute Gasteiger partial charge is 0.154 e. The van der Waals surface area contributed by atoms with Crippen LogP contribution in [0.3, 0.4) is 0 Å². The second-order valence-electron chi connectivity index (χ2n) is 3.84. The predicted molar refractivity (Wildman–Crippen MR) is 57.3 cm³/mol. The molecule has 0 heterocycles. The number of ether oxygens (including phenoxy) is 3. The lowest BCUT2D eigenvalue weighted by atomic mass is 10.1. The molecular weight excluding hydrogens is 180 g/mol. The molecule has 0 bridgehead atoms. The lowest BCUT2D eigenvalue weighted by molar-refractivity contribution is -0.148.